The van der Waals surface area contributed by atoms with Crippen LogP contribution in [0, 0.1) is 0 Å². The number of morpholine rings is 1. The molecular weight excluding hydrogens is 456 g/mol. The molecule has 2 saturated heterocycles. The number of rotatable bonds is 8. The average Bonchev–Trinajstić information content (AvgIpc) is 3.53. The molecule has 2 fully saturated rings. The van der Waals surface area contributed by atoms with Gasteiger partial charge in [0.2, 0.25) is 6.79 Å². The molecule has 5 rings (SSSR count). The van der Waals surface area contributed by atoms with Crippen LogP contribution in [-0.4, -0.2) is 85.3 Å². The number of nitrogens with zero attached hydrogens (tertiary/aromatic N) is 2. The predicted molar refractivity (Wildman–Crippen MR) is 133 cm³/mol. The first kappa shape index (κ1) is 23.3. The number of fused-ring (bicyclic) bond motifs is 2. The maximum Gasteiger partial charge on any atom is 0.253 e. The van der Waals surface area contributed by atoms with E-state index in [1.54, 1.807) is 0 Å². The Balaban J connectivity index is 1.29. The number of thiocarbonyl (C=S) groups is 1. The first-order chi connectivity index (χ1) is 16.7. The normalized spacial score (nSPS) is 20.1. The van der Waals surface area contributed by atoms with Crippen molar-refractivity contribution >= 4 is 28.2 Å². The lowest BCUT2D eigenvalue weighted by Crippen LogP contribution is -2.44. The topological polar surface area (TPSA) is 88.3 Å². The molecular formula is C24H32N4O5S. The lowest BCUT2D eigenvalue weighted by atomic mass is 10.1. The van der Waals surface area contributed by atoms with Gasteiger partial charge in [-0.1, -0.05) is 0 Å². The van der Waals surface area contributed by atoms with Crippen LogP contribution in [0.3, 0.4) is 0 Å². The van der Waals surface area contributed by atoms with Crippen LogP contribution in [0.25, 0.3) is 10.9 Å². The van der Waals surface area contributed by atoms with E-state index in [1.165, 1.54) is 0 Å². The standard InChI is InChI=1S/C24H32N4O5S/c29-23-18(11-17-12-21-22(33-16-32-21)13-20(17)26-23)15-28(5-2-4-27-6-9-30-10-7-27)24(34)25-14-19-3-1-8-31-19/h11-13,19H,1-10,14-16H2,(H,25,34)(H,26,29)/t19-/m1/s1. The number of benzene rings is 1. The molecule has 0 bridgehead atoms. The molecule has 2 N–H and O–H groups in total. The summed E-state index contributed by atoms with van der Waals surface area (Å²) in [5, 5.41) is 4.94. The number of hydrogen-bond donors (Lipinski definition) is 2. The van der Waals surface area contributed by atoms with Crippen LogP contribution in [0.4, 0.5) is 0 Å². The van der Waals surface area contributed by atoms with Crippen LogP contribution in [0.2, 0.25) is 0 Å². The van der Waals surface area contributed by atoms with Crippen LogP contribution >= 0.6 is 12.2 Å². The quantitative estimate of drug-likeness (QED) is 0.541. The minimum absolute atomic E-state index is 0.119. The highest BCUT2D eigenvalue weighted by Crippen LogP contribution is 2.35. The van der Waals surface area contributed by atoms with Gasteiger partial charge in [-0.2, -0.15) is 0 Å². The third kappa shape index (κ3) is 5.63. The Kier molecular flexibility index (Phi) is 7.48. The summed E-state index contributed by atoms with van der Waals surface area (Å²) in [5.41, 5.74) is 1.28. The molecule has 3 aliphatic heterocycles. The highest BCUT2D eigenvalue weighted by atomic mass is 32.1. The van der Waals surface area contributed by atoms with Crippen molar-refractivity contribution in [1.82, 2.24) is 20.1 Å². The first-order valence-electron chi connectivity index (χ1n) is 12.1. The van der Waals surface area contributed by atoms with Crippen molar-refractivity contribution in [3.63, 3.8) is 0 Å². The predicted octanol–water partition coefficient (Wildman–Crippen LogP) is 1.83. The molecule has 34 heavy (non-hydrogen) atoms. The molecule has 1 aromatic carbocycles. The van der Waals surface area contributed by atoms with E-state index < -0.39 is 0 Å². The number of nitrogens with one attached hydrogen (secondary N) is 2. The minimum Gasteiger partial charge on any atom is -0.454 e. The van der Waals surface area contributed by atoms with Gasteiger partial charge in [-0.3, -0.25) is 9.69 Å². The van der Waals surface area contributed by atoms with E-state index in [9.17, 15) is 4.79 Å². The number of hydrogen-bond acceptors (Lipinski definition) is 7. The Morgan fingerprint density at radius 3 is 2.79 bits per heavy atom. The van der Waals surface area contributed by atoms with Crippen LogP contribution in [-0.2, 0) is 16.0 Å². The highest BCUT2D eigenvalue weighted by Gasteiger charge is 2.20. The Morgan fingerprint density at radius 2 is 2.00 bits per heavy atom. The summed E-state index contributed by atoms with van der Waals surface area (Å²) in [7, 11) is 0. The Hall–Kier alpha value is -2.40. The summed E-state index contributed by atoms with van der Waals surface area (Å²) >= 11 is 5.76. The lowest BCUT2D eigenvalue weighted by Gasteiger charge is -2.30. The summed E-state index contributed by atoms with van der Waals surface area (Å²) in [5.74, 6) is 1.35. The van der Waals surface area contributed by atoms with Crippen molar-refractivity contribution in [2.24, 2.45) is 0 Å². The molecule has 4 heterocycles. The van der Waals surface area contributed by atoms with Crippen molar-refractivity contribution in [2.75, 3.05) is 59.3 Å². The zero-order chi connectivity index (χ0) is 23.3. The molecule has 1 aromatic heterocycles. The van der Waals surface area contributed by atoms with E-state index in [2.05, 4.69) is 20.1 Å². The fraction of sp³-hybridized carbons (Fsp3) is 0.583. The fourth-order valence-electron chi connectivity index (χ4n) is 4.64. The van der Waals surface area contributed by atoms with Gasteiger partial charge in [-0.15, -0.1) is 0 Å². The maximum absolute atomic E-state index is 12.9. The van der Waals surface area contributed by atoms with Crippen molar-refractivity contribution in [2.45, 2.75) is 31.9 Å². The Labute approximate surface area is 204 Å². The van der Waals surface area contributed by atoms with Gasteiger partial charge < -0.3 is 34.1 Å². The molecule has 0 amide bonds. The number of pyridine rings is 1. The third-order valence-corrected chi connectivity index (χ3v) is 6.98. The monoisotopic (exact) mass is 488 g/mol. The van der Waals surface area contributed by atoms with Gasteiger partial charge in [0.1, 0.15) is 0 Å². The van der Waals surface area contributed by atoms with Crippen LogP contribution in [0.15, 0.2) is 23.0 Å². The molecule has 2 aromatic rings. The van der Waals surface area contributed by atoms with Crippen LogP contribution < -0.4 is 20.3 Å². The van der Waals surface area contributed by atoms with Gasteiger partial charge in [0.05, 0.1) is 31.4 Å². The van der Waals surface area contributed by atoms with Crippen LogP contribution in [0.5, 0.6) is 11.5 Å². The van der Waals surface area contributed by atoms with E-state index in [1.807, 2.05) is 18.2 Å². The molecule has 0 saturated carbocycles. The van der Waals surface area contributed by atoms with E-state index in [4.69, 9.17) is 31.2 Å². The zero-order valence-electron chi connectivity index (χ0n) is 19.3. The highest BCUT2D eigenvalue weighted by molar-refractivity contribution is 7.80. The smallest absolute Gasteiger partial charge is 0.253 e. The van der Waals surface area contributed by atoms with Crippen molar-refractivity contribution < 1.29 is 18.9 Å². The van der Waals surface area contributed by atoms with E-state index in [0.717, 1.165) is 76.2 Å². The molecule has 3 aliphatic rings. The van der Waals surface area contributed by atoms with Crippen molar-refractivity contribution in [1.29, 1.82) is 0 Å². The summed E-state index contributed by atoms with van der Waals surface area (Å²) in [6, 6.07) is 5.65. The van der Waals surface area contributed by atoms with E-state index in [0.29, 0.717) is 35.3 Å². The molecule has 0 radical (unpaired) electrons. The summed E-state index contributed by atoms with van der Waals surface area (Å²) in [6.45, 7) is 7.36. The Morgan fingerprint density at radius 1 is 1.18 bits per heavy atom. The van der Waals surface area contributed by atoms with Gasteiger partial charge in [-0.05, 0) is 43.6 Å². The zero-order valence-corrected chi connectivity index (χ0v) is 20.2. The summed E-state index contributed by atoms with van der Waals surface area (Å²) < 4.78 is 22.1. The lowest BCUT2D eigenvalue weighted by molar-refractivity contribution is 0.0367. The van der Waals surface area contributed by atoms with Gasteiger partial charge >= 0.3 is 0 Å². The number of H-pyrrole nitrogens is 1. The second-order valence-corrected chi connectivity index (χ2v) is 9.35. The number of aromatic nitrogens is 1. The second kappa shape index (κ2) is 10.9. The van der Waals surface area contributed by atoms with E-state index >= 15 is 0 Å². The van der Waals surface area contributed by atoms with Crippen molar-refractivity contribution in [3.8, 4) is 11.5 Å². The maximum atomic E-state index is 12.9. The molecule has 184 valence electrons. The van der Waals surface area contributed by atoms with Crippen molar-refractivity contribution in [3.05, 3.63) is 34.1 Å². The molecule has 1 atom stereocenters. The minimum atomic E-state index is -0.119. The molecule has 9 nitrogen and oxygen atoms in total. The SMILES string of the molecule is O=c1[nH]c2cc3c(cc2cc1CN(CCCN1CCOCC1)C(=S)NC[C@H]1CCCO1)OCO3. The molecule has 0 unspecified atom stereocenters. The fourth-order valence-corrected chi connectivity index (χ4v) is 4.88. The summed E-state index contributed by atoms with van der Waals surface area (Å²) in [6.07, 6.45) is 3.29. The third-order valence-electron chi connectivity index (χ3n) is 6.57. The molecule has 0 spiro atoms. The van der Waals surface area contributed by atoms with Gasteiger partial charge in [0.25, 0.3) is 5.56 Å². The van der Waals surface area contributed by atoms with E-state index in [-0.39, 0.29) is 18.5 Å². The second-order valence-electron chi connectivity index (χ2n) is 8.97. The summed E-state index contributed by atoms with van der Waals surface area (Å²) in [4.78, 5) is 20.4. The van der Waals surface area contributed by atoms with Gasteiger partial charge in [0.15, 0.2) is 16.6 Å². The van der Waals surface area contributed by atoms with Crippen LogP contribution in [0.1, 0.15) is 24.8 Å². The largest absolute Gasteiger partial charge is 0.454 e. The van der Waals surface area contributed by atoms with Gasteiger partial charge in [-0.25, -0.2) is 0 Å². The van der Waals surface area contributed by atoms with Gasteiger partial charge in [0, 0.05) is 56.3 Å². The first-order valence-corrected chi connectivity index (χ1v) is 12.5. The molecule has 0 aliphatic carbocycles. The average molecular weight is 489 g/mol. The number of aromatic amines is 1. The molecule has 10 heteroatoms. The Bertz CT molecular complexity index is 1070. The number of ether oxygens (including phenoxy) is 4.